The van der Waals surface area contributed by atoms with Gasteiger partial charge in [-0.2, -0.15) is 0 Å². The van der Waals surface area contributed by atoms with E-state index in [1.807, 2.05) is 19.9 Å². The predicted molar refractivity (Wildman–Crippen MR) is 75.4 cm³/mol. The number of hydrogen-bond acceptors (Lipinski definition) is 0. The van der Waals surface area contributed by atoms with Crippen molar-refractivity contribution in [2.24, 2.45) is 0 Å². The van der Waals surface area contributed by atoms with E-state index >= 15 is 0 Å². The second-order valence-corrected chi connectivity index (χ2v) is 5.28. The molecule has 100 valence electrons. The van der Waals surface area contributed by atoms with E-state index in [1.54, 1.807) is 32.0 Å². The fraction of sp³-hybridized carbons (Fsp3) is 0.294. The predicted octanol–water partition coefficient (Wildman–Crippen LogP) is 5.37. The third kappa shape index (κ3) is 2.53. The molecule has 0 radical (unpaired) electrons. The van der Waals surface area contributed by atoms with E-state index in [4.69, 9.17) is 0 Å². The highest BCUT2D eigenvalue weighted by atomic mass is 19.1. The van der Waals surface area contributed by atoms with Crippen LogP contribution < -0.4 is 0 Å². The minimum absolute atomic E-state index is 0.0851. The lowest BCUT2D eigenvalue weighted by molar-refractivity contribution is 0.599. The monoisotopic (exact) mass is 260 g/mol. The Kier molecular flexibility index (Phi) is 3.70. The molecule has 0 amide bonds. The normalized spacial score (nSPS) is 11.1. The van der Waals surface area contributed by atoms with E-state index in [1.165, 1.54) is 6.07 Å². The topological polar surface area (TPSA) is 0 Å². The molecule has 0 aliphatic carbocycles. The standard InChI is InChI=1S/C17H18F2/c1-10(2)16-14(6-5-7-15(16)18)13-8-11(3)17(19)12(4)9-13/h5-10H,1-4H3. The van der Waals surface area contributed by atoms with Crippen LogP contribution in [0.2, 0.25) is 0 Å². The summed E-state index contributed by atoms with van der Waals surface area (Å²) in [6, 6.07) is 8.63. The Morgan fingerprint density at radius 3 is 2.05 bits per heavy atom. The van der Waals surface area contributed by atoms with Gasteiger partial charge in [0.2, 0.25) is 0 Å². The molecule has 0 aromatic heterocycles. The molecule has 0 saturated heterocycles. The highest BCUT2D eigenvalue weighted by molar-refractivity contribution is 5.69. The molecule has 2 heteroatoms. The maximum absolute atomic E-state index is 14.0. The Labute approximate surface area is 113 Å². The number of halogens is 2. The molecule has 0 aliphatic heterocycles. The Morgan fingerprint density at radius 1 is 0.947 bits per heavy atom. The highest BCUT2D eigenvalue weighted by Gasteiger charge is 2.15. The number of hydrogen-bond donors (Lipinski definition) is 0. The van der Waals surface area contributed by atoms with Crippen LogP contribution in [-0.2, 0) is 0 Å². The van der Waals surface area contributed by atoms with Crippen LogP contribution in [0, 0.1) is 25.5 Å². The van der Waals surface area contributed by atoms with Gasteiger partial charge in [-0.1, -0.05) is 26.0 Å². The van der Waals surface area contributed by atoms with Crippen molar-refractivity contribution in [2.75, 3.05) is 0 Å². The summed E-state index contributed by atoms with van der Waals surface area (Å²) < 4.78 is 27.7. The van der Waals surface area contributed by atoms with Gasteiger partial charge in [-0.3, -0.25) is 0 Å². The van der Waals surface area contributed by atoms with Crippen molar-refractivity contribution in [3.63, 3.8) is 0 Å². The zero-order valence-electron chi connectivity index (χ0n) is 11.7. The first-order valence-corrected chi connectivity index (χ1v) is 6.47. The lowest BCUT2D eigenvalue weighted by Gasteiger charge is -2.15. The van der Waals surface area contributed by atoms with Gasteiger partial charge >= 0.3 is 0 Å². The van der Waals surface area contributed by atoms with Crippen LogP contribution in [0.3, 0.4) is 0 Å². The Morgan fingerprint density at radius 2 is 1.53 bits per heavy atom. The first-order valence-electron chi connectivity index (χ1n) is 6.47. The van der Waals surface area contributed by atoms with E-state index in [0.29, 0.717) is 16.7 Å². The van der Waals surface area contributed by atoms with Crippen LogP contribution in [0.25, 0.3) is 11.1 Å². The van der Waals surface area contributed by atoms with E-state index < -0.39 is 0 Å². The van der Waals surface area contributed by atoms with E-state index in [0.717, 1.165) is 11.1 Å². The smallest absolute Gasteiger partial charge is 0.129 e. The molecule has 0 nitrogen and oxygen atoms in total. The second kappa shape index (κ2) is 5.12. The molecule has 0 spiro atoms. The molecular weight excluding hydrogens is 242 g/mol. The molecule has 0 N–H and O–H groups in total. The summed E-state index contributed by atoms with van der Waals surface area (Å²) in [7, 11) is 0. The van der Waals surface area contributed by atoms with Crippen molar-refractivity contribution in [2.45, 2.75) is 33.6 Å². The quantitative estimate of drug-likeness (QED) is 0.680. The highest BCUT2D eigenvalue weighted by Crippen LogP contribution is 2.33. The molecule has 0 saturated carbocycles. The van der Waals surface area contributed by atoms with Gasteiger partial charge in [0.05, 0.1) is 0 Å². The third-order valence-electron chi connectivity index (χ3n) is 3.38. The number of rotatable bonds is 2. The summed E-state index contributed by atoms with van der Waals surface area (Å²) >= 11 is 0. The van der Waals surface area contributed by atoms with Crippen molar-refractivity contribution < 1.29 is 8.78 Å². The fourth-order valence-corrected chi connectivity index (χ4v) is 2.48. The van der Waals surface area contributed by atoms with Gasteiger partial charge in [0.15, 0.2) is 0 Å². The van der Waals surface area contributed by atoms with Gasteiger partial charge in [-0.15, -0.1) is 0 Å². The molecule has 2 aromatic rings. The molecule has 19 heavy (non-hydrogen) atoms. The molecule has 0 heterocycles. The lowest BCUT2D eigenvalue weighted by atomic mass is 9.90. The van der Waals surface area contributed by atoms with Gasteiger partial charge in [0.1, 0.15) is 11.6 Å². The van der Waals surface area contributed by atoms with Gasteiger partial charge in [0.25, 0.3) is 0 Å². The van der Waals surface area contributed by atoms with Crippen LogP contribution in [0.15, 0.2) is 30.3 Å². The summed E-state index contributed by atoms with van der Waals surface area (Å²) in [4.78, 5) is 0. The van der Waals surface area contributed by atoms with E-state index in [9.17, 15) is 8.78 Å². The van der Waals surface area contributed by atoms with Crippen LogP contribution in [-0.4, -0.2) is 0 Å². The molecular formula is C17H18F2. The van der Waals surface area contributed by atoms with Crippen molar-refractivity contribution in [1.29, 1.82) is 0 Å². The van der Waals surface area contributed by atoms with Gasteiger partial charge in [-0.25, -0.2) is 8.78 Å². The van der Waals surface area contributed by atoms with Crippen molar-refractivity contribution in [3.8, 4) is 11.1 Å². The maximum Gasteiger partial charge on any atom is 0.129 e. The Hall–Kier alpha value is -1.70. The van der Waals surface area contributed by atoms with Crippen molar-refractivity contribution in [3.05, 3.63) is 58.7 Å². The number of aryl methyl sites for hydroxylation is 2. The van der Waals surface area contributed by atoms with Gasteiger partial charge in [-0.05, 0) is 65.8 Å². The fourth-order valence-electron chi connectivity index (χ4n) is 2.48. The molecule has 2 aromatic carbocycles. The van der Waals surface area contributed by atoms with E-state index in [2.05, 4.69) is 0 Å². The molecule has 0 bridgehead atoms. The molecule has 0 unspecified atom stereocenters. The van der Waals surface area contributed by atoms with Gasteiger partial charge < -0.3 is 0 Å². The zero-order chi connectivity index (χ0) is 14.2. The Bertz CT molecular complexity index is 590. The first kappa shape index (κ1) is 13.7. The van der Waals surface area contributed by atoms with Crippen LogP contribution in [0.5, 0.6) is 0 Å². The van der Waals surface area contributed by atoms with E-state index in [-0.39, 0.29) is 17.6 Å². The van der Waals surface area contributed by atoms with Gasteiger partial charge in [0, 0.05) is 0 Å². The SMILES string of the molecule is Cc1cc(-c2cccc(F)c2C(C)C)cc(C)c1F. The van der Waals surface area contributed by atoms with Crippen molar-refractivity contribution in [1.82, 2.24) is 0 Å². The third-order valence-corrected chi connectivity index (χ3v) is 3.38. The average molecular weight is 260 g/mol. The second-order valence-electron chi connectivity index (χ2n) is 5.28. The summed E-state index contributed by atoms with van der Waals surface area (Å²) in [5.41, 5.74) is 3.59. The first-order chi connectivity index (χ1) is 8.91. The summed E-state index contributed by atoms with van der Waals surface area (Å²) in [5.74, 6) is -0.305. The molecule has 0 aliphatic rings. The minimum atomic E-state index is -0.202. The molecule has 0 atom stereocenters. The zero-order valence-corrected chi connectivity index (χ0v) is 11.7. The minimum Gasteiger partial charge on any atom is -0.207 e. The average Bonchev–Trinajstić information content (AvgIpc) is 2.34. The maximum atomic E-state index is 14.0. The summed E-state index contributed by atoms with van der Waals surface area (Å²) in [6.45, 7) is 7.40. The molecule has 0 fully saturated rings. The largest absolute Gasteiger partial charge is 0.207 e. The summed E-state index contributed by atoms with van der Waals surface area (Å²) in [6.07, 6.45) is 0. The van der Waals surface area contributed by atoms with Crippen LogP contribution in [0.1, 0.15) is 36.5 Å². The molecule has 2 rings (SSSR count). The Balaban J connectivity index is 2.69. The lowest BCUT2D eigenvalue weighted by Crippen LogP contribution is -1.98. The van der Waals surface area contributed by atoms with Crippen LogP contribution >= 0.6 is 0 Å². The summed E-state index contributed by atoms with van der Waals surface area (Å²) in [5, 5.41) is 0. The number of benzene rings is 2. The van der Waals surface area contributed by atoms with Crippen LogP contribution in [0.4, 0.5) is 8.78 Å². The van der Waals surface area contributed by atoms with Crippen molar-refractivity contribution >= 4 is 0 Å².